The predicted molar refractivity (Wildman–Crippen MR) is 68.3 cm³/mol. The maximum Gasteiger partial charge on any atom is 0.219 e. The molecule has 0 saturated heterocycles. The van der Waals surface area contributed by atoms with Crippen molar-refractivity contribution in [3.05, 3.63) is 18.7 Å². The number of rotatable bonds is 7. The van der Waals surface area contributed by atoms with Crippen LogP contribution in [-0.2, 0) is 0 Å². The summed E-state index contributed by atoms with van der Waals surface area (Å²) in [5.41, 5.74) is 0. The molecule has 0 bridgehead atoms. The van der Waals surface area contributed by atoms with Gasteiger partial charge in [0.2, 0.25) is 5.88 Å². The largest absolute Gasteiger partial charge is 0.473 e. The lowest BCUT2D eigenvalue weighted by molar-refractivity contribution is 0.345. The van der Waals surface area contributed by atoms with Crippen LogP contribution in [0.3, 0.4) is 0 Å². The van der Waals surface area contributed by atoms with Crippen LogP contribution in [0.4, 0.5) is 5.82 Å². The van der Waals surface area contributed by atoms with Gasteiger partial charge in [-0.05, 0) is 12.7 Å². The molecular weight excluding hydrogens is 222 g/mol. The summed E-state index contributed by atoms with van der Waals surface area (Å²) in [7, 11) is 0. The highest BCUT2D eigenvalue weighted by Crippen LogP contribution is 2.18. The van der Waals surface area contributed by atoms with Gasteiger partial charge in [0.05, 0.1) is 0 Å². The Bertz CT molecular complexity index is 344. The number of nitrogens with zero attached hydrogens (tertiary/aromatic N) is 2. The maximum atomic E-state index is 5.40. The average Bonchev–Trinajstić information content (AvgIpc) is 2.33. The van der Waals surface area contributed by atoms with Gasteiger partial charge in [-0.2, -0.15) is 4.98 Å². The summed E-state index contributed by atoms with van der Waals surface area (Å²) >= 11 is 1.50. The van der Waals surface area contributed by atoms with Crippen LogP contribution in [0.5, 0.6) is 5.88 Å². The molecule has 0 aliphatic rings. The highest BCUT2D eigenvalue weighted by molar-refractivity contribution is 7.98. The summed E-state index contributed by atoms with van der Waals surface area (Å²) in [6, 6.07) is 1.80. The third-order valence-corrected chi connectivity index (χ3v) is 2.32. The van der Waals surface area contributed by atoms with Crippen molar-refractivity contribution in [2.45, 2.75) is 18.5 Å². The zero-order valence-corrected chi connectivity index (χ0v) is 10.5. The molecule has 5 heteroatoms. The minimum Gasteiger partial charge on any atom is -0.473 e. The van der Waals surface area contributed by atoms with Gasteiger partial charge < -0.3 is 10.1 Å². The highest BCUT2D eigenvalue weighted by atomic mass is 32.2. The SMILES string of the molecule is C=CCOc1cc(NCCC)nc(SC)n1. The van der Waals surface area contributed by atoms with Crippen molar-refractivity contribution in [2.75, 3.05) is 24.7 Å². The summed E-state index contributed by atoms with van der Waals surface area (Å²) in [4.78, 5) is 8.57. The molecular formula is C11H17N3OS. The fourth-order valence-electron chi connectivity index (χ4n) is 1.06. The highest BCUT2D eigenvalue weighted by Gasteiger charge is 2.03. The first kappa shape index (κ1) is 12.8. The van der Waals surface area contributed by atoms with Gasteiger partial charge in [-0.25, -0.2) is 4.98 Å². The fraction of sp³-hybridized carbons (Fsp3) is 0.455. The molecule has 0 spiro atoms. The number of nitrogens with one attached hydrogen (secondary N) is 1. The average molecular weight is 239 g/mol. The van der Waals surface area contributed by atoms with Gasteiger partial charge in [-0.3, -0.25) is 0 Å². The zero-order chi connectivity index (χ0) is 11.8. The zero-order valence-electron chi connectivity index (χ0n) is 9.69. The number of thioether (sulfide) groups is 1. The molecule has 16 heavy (non-hydrogen) atoms. The Morgan fingerprint density at radius 3 is 3.00 bits per heavy atom. The van der Waals surface area contributed by atoms with E-state index >= 15 is 0 Å². The Balaban J connectivity index is 2.78. The van der Waals surface area contributed by atoms with E-state index in [-0.39, 0.29) is 0 Å². The maximum absolute atomic E-state index is 5.40. The fourth-order valence-corrected chi connectivity index (χ4v) is 1.43. The van der Waals surface area contributed by atoms with Gasteiger partial charge in [0.25, 0.3) is 0 Å². The summed E-state index contributed by atoms with van der Waals surface area (Å²) < 4.78 is 5.40. The van der Waals surface area contributed by atoms with Crippen molar-refractivity contribution in [1.29, 1.82) is 0 Å². The second-order valence-electron chi connectivity index (χ2n) is 3.10. The molecule has 0 amide bonds. The summed E-state index contributed by atoms with van der Waals surface area (Å²) in [6.45, 7) is 7.06. The van der Waals surface area contributed by atoms with E-state index in [0.717, 1.165) is 18.8 Å². The molecule has 0 atom stereocenters. The second kappa shape index (κ2) is 7.11. The molecule has 1 rings (SSSR count). The molecule has 0 radical (unpaired) electrons. The monoisotopic (exact) mass is 239 g/mol. The van der Waals surface area contributed by atoms with E-state index in [0.29, 0.717) is 17.6 Å². The van der Waals surface area contributed by atoms with E-state index in [1.165, 1.54) is 11.8 Å². The van der Waals surface area contributed by atoms with E-state index in [2.05, 4.69) is 28.8 Å². The van der Waals surface area contributed by atoms with Crippen LogP contribution in [0.15, 0.2) is 23.9 Å². The Labute approximate surface area is 101 Å². The summed E-state index contributed by atoms with van der Waals surface area (Å²) in [6.07, 6.45) is 4.69. The normalized spacial score (nSPS) is 9.88. The van der Waals surface area contributed by atoms with Crippen molar-refractivity contribution >= 4 is 17.6 Å². The molecule has 0 fully saturated rings. The lowest BCUT2D eigenvalue weighted by Crippen LogP contribution is -2.05. The Morgan fingerprint density at radius 1 is 1.56 bits per heavy atom. The van der Waals surface area contributed by atoms with Crippen LogP contribution in [0, 0.1) is 0 Å². The molecule has 1 aromatic heterocycles. The Hall–Kier alpha value is -1.23. The van der Waals surface area contributed by atoms with Gasteiger partial charge in [0.1, 0.15) is 12.4 Å². The molecule has 0 saturated carbocycles. The molecule has 1 aromatic rings. The Morgan fingerprint density at radius 2 is 2.38 bits per heavy atom. The first-order valence-corrected chi connectivity index (χ1v) is 6.43. The molecule has 1 heterocycles. The van der Waals surface area contributed by atoms with Crippen molar-refractivity contribution in [3.8, 4) is 5.88 Å². The van der Waals surface area contributed by atoms with Crippen LogP contribution < -0.4 is 10.1 Å². The van der Waals surface area contributed by atoms with Gasteiger partial charge in [-0.1, -0.05) is 31.3 Å². The lowest BCUT2D eigenvalue weighted by Gasteiger charge is -2.08. The molecule has 88 valence electrons. The smallest absolute Gasteiger partial charge is 0.219 e. The number of hydrogen-bond acceptors (Lipinski definition) is 5. The van der Waals surface area contributed by atoms with E-state index < -0.39 is 0 Å². The number of ether oxygens (including phenoxy) is 1. The molecule has 0 unspecified atom stereocenters. The summed E-state index contributed by atoms with van der Waals surface area (Å²) in [5.74, 6) is 1.39. The first-order valence-electron chi connectivity index (χ1n) is 5.20. The van der Waals surface area contributed by atoms with Crippen molar-refractivity contribution in [1.82, 2.24) is 9.97 Å². The van der Waals surface area contributed by atoms with Gasteiger partial charge in [0, 0.05) is 12.6 Å². The standard InChI is InChI=1S/C11H17N3OS/c1-4-6-12-9-8-10(15-7-5-2)14-11(13-9)16-3/h5,8H,2,4,6-7H2,1,3H3,(H,12,13,14). The minimum atomic E-state index is 0.456. The van der Waals surface area contributed by atoms with Gasteiger partial charge in [-0.15, -0.1) is 0 Å². The van der Waals surface area contributed by atoms with E-state index in [9.17, 15) is 0 Å². The predicted octanol–water partition coefficient (Wildman–Crippen LogP) is 2.59. The molecule has 1 N–H and O–H groups in total. The van der Waals surface area contributed by atoms with E-state index in [1.807, 2.05) is 6.26 Å². The van der Waals surface area contributed by atoms with Crippen molar-refractivity contribution < 1.29 is 4.74 Å². The van der Waals surface area contributed by atoms with Gasteiger partial charge in [0.15, 0.2) is 5.16 Å². The number of aromatic nitrogens is 2. The topological polar surface area (TPSA) is 47.0 Å². The molecule has 0 aliphatic heterocycles. The van der Waals surface area contributed by atoms with Crippen LogP contribution in [0.2, 0.25) is 0 Å². The minimum absolute atomic E-state index is 0.456. The lowest BCUT2D eigenvalue weighted by atomic mass is 10.4. The first-order chi connectivity index (χ1) is 7.80. The van der Waals surface area contributed by atoms with Crippen LogP contribution in [0.25, 0.3) is 0 Å². The second-order valence-corrected chi connectivity index (χ2v) is 3.88. The van der Waals surface area contributed by atoms with Crippen LogP contribution in [0.1, 0.15) is 13.3 Å². The third kappa shape index (κ3) is 4.10. The summed E-state index contributed by atoms with van der Waals surface area (Å²) in [5, 5.41) is 3.92. The van der Waals surface area contributed by atoms with Crippen LogP contribution >= 0.6 is 11.8 Å². The number of anilines is 1. The van der Waals surface area contributed by atoms with Crippen molar-refractivity contribution in [2.24, 2.45) is 0 Å². The van der Waals surface area contributed by atoms with Crippen molar-refractivity contribution in [3.63, 3.8) is 0 Å². The van der Waals surface area contributed by atoms with Gasteiger partial charge >= 0.3 is 0 Å². The number of hydrogen-bond donors (Lipinski definition) is 1. The molecule has 0 aromatic carbocycles. The Kier molecular flexibility index (Phi) is 5.71. The van der Waals surface area contributed by atoms with E-state index in [1.54, 1.807) is 12.1 Å². The van der Waals surface area contributed by atoms with E-state index in [4.69, 9.17) is 4.74 Å². The quantitative estimate of drug-likeness (QED) is 0.450. The molecule has 0 aliphatic carbocycles. The third-order valence-electron chi connectivity index (χ3n) is 1.77. The molecule has 4 nitrogen and oxygen atoms in total. The van der Waals surface area contributed by atoms with Crippen LogP contribution in [-0.4, -0.2) is 29.4 Å².